The smallest absolute Gasteiger partial charge is 0.141 e. The number of anilines is 1. The molecule has 2 N–H and O–H groups in total. The molecule has 2 aromatic carbocycles. The van der Waals surface area contributed by atoms with Crippen LogP contribution in [0.4, 0.5) is 5.69 Å². The summed E-state index contributed by atoms with van der Waals surface area (Å²) in [5, 5.41) is 0. The average Bonchev–Trinajstić information content (AvgIpc) is 2.42. The average molecular weight is 267 g/mol. The van der Waals surface area contributed by atoms with Crippen LogP contribution in [0.3, 0.4) is 0 Å². The molecule has 0 bridgehead atoms. The number of carbonyl (C=O) groups excluding carboxylic acids is 1. The molecule has 104 valence electrons. The van der Waals surface area contributed by atoms with E-state index in [1.54, 1.807) is 0 Å². The lowest BCUT2D eigenvalue weighted by atomic mass is 9.98. The van der Waals surface area contributed by atoms with Crippen molar-refractivity contribution in [2.45, 2.75) is 32.6 Å². The van der Waals surface area contributed by atoms with Gasteiger partial charge in [-0.2, -0.15) is 0 Å². The minimum Gasteiger partial charge on any atom is -0.399 e. The Balaban J connectivity index is 1.95. The predicted octanol–water partition coefficient (Wildman–Crippen LogP) is 3.75. The Hall–Kier alpha value is -2.09. The summed E-state index contributed by atoms with van der Waals surface area (Å²) in [6.07, 6.45) is 0.953. The molecule has 2 rings (SSSR count). The van der Waals surface area contributed by atoms with E-state index in [0.29, 0.717) is 18.8 Å². The Morgan fingerprint density at radius 1 is 0.900 bits per heavy atom. The third-order valence-corrected chi connectivity index (χ3v) is 3.43. The van der Waals surface area contributed by atoms with Crippen LogP contribution >= 0.6 is 0 Å². The second-order valence-electron chi connectivity index (χ2n) is 5.53. The van der Waals surface area contributed by atoms with Gasteiger partial charge in [-0.05, 0) is 34.7 Å². The SMILES string of the molecule is CC(C)c1ccc(CC(=O)Cc2ccc(N)cc2)cc1. The van der Waals surface area contributed by atoms with Crippen LogP contribution < -0.4 is 5.73 Å². The van der Waals surface area contributed by atoms with Gasteiger partial charge in [-0.15, -0.1) is 0 Å². The van der Waals surface area contributed by atoms with Crippen LogP contribution in [0.1, 0.15) is 36.5 Å². The molecule has 0 amide bonds. The van der Waals surface area contributed by atoms with Crippen molar-refractivity contribution in [1.29, 1.82) is 0 Å². The van der Waals surface area contributed by atoms with Crippen molar-refractivity contribution < 1.29 is 4.79 Å². The Morgan fingerprint density at radius 2 is 1.35 bits per heavy atom. The molecule has 0 saturated heterocycles. The van der Waals surface area contributed by atoms with E-state index in [2.05, 4.69) is 38.1 Å². The van der Waals surface area contributed by atoms with E-state index in [-0.39, 0.29) is 5.78 Å². The molecule has 0 radical (unpaired) electrons. The van der Waals surface area contributed by atoms with E-state index in [1.165, 1.54) is 5.56 Å². The summed E-state index contributed by atoms with van der Waals surface area (Å²) in [6.45, 7) is 4.34. The molecule has 20 heavy (non-hydrogen) atoms. The third kappa shape index (κ3) is 3.95. The Morgan fingerprint density at radius 3 is 1.80 bits per heavy atom. The number of nitrogens with two attached hydrogens (primary N) is 1. The van der Waals surface area contributed by atoms with Crippen LogP contribution in [0.2, 0.25) is 0 Å². The third-order valence-electron chi connectivity index (χ3n) is 3.43. The molecule has 0 aromatic heterocycles. The molecule has 0 heterocycles. The minimum absolute atomic E-state index is 0.229. The summed E-state index contributed by atoms with van der Waals surface area (Å²) >= 11 is 0. The van der Waals surface area contributed by atoms with Gasteiger partial charge >= 0.3 is 0 Å². The molecule has 0 aliphatic rings. The second-order valence-corrected chi connectivity index (χ2v) is 5.53. The molecule has 2 nitrogen and oxygen atoms in total. The highest BCUT2D eigenvalue weighted by molar-refractivity contribution is 5.83. The zero-order chi connectivity index (χ0) is 14.5. The maximum atomic E-state index is 12.1. The van der Waals surface area contributed by atoms with Gasteiger partial charge in [0.15, 0.2) is 0 Å². The molecule has 0 saturated carbocycles. The Bertz CT molecular complexity index is 567. The van der Waals surface area contributed by atoms with Crippen LogP contribution in [-0.4, -0.2) is 5.78 Å². The second kappa shape index (κ2) is 6.38. The molecule has 0 atom stereocenters. The van der Waals surface area contributed by atoms with Crippen LogP contribution in [0, 0.1) is 0 Å². The maximum absolute atomic E-state index is 12.1. The van der Waals surface area contributed by atoms with Gasteiger partial charge in [0, 0.05) is 18.5 Å². The van der Waals surface area contributed by atoms with Crippen LogP contribution in [0.5, 0.6) is 0 Å². The number of Topliss-reactive ketones (excluding diaryl/α,β-unsaturated/α-hetero) is 1. The first kappa shape index (κ1) is 14.3. The summed E-state index contributed by atoms with van der Waals surface area (Å²) < 4.78 is 0. The van der Waals surface area contributed by atoms with Crippen LogP contribution in [-0.2, 0) is 17.6 Å². The number of ketones is 1. The van der Waals surface area contributed by atoms with Crippen molar-refractivity contribution in [1.82, 2.24) is 0 Å². The summed E-state index contributed by atoms with van der Waals surface area (Å²) in [6, 6.07) is 15.8. The number of hydrogen-bond donors (Lipinski definition) is 1. The van der Waals surface area contributed by atoms with E-state index in [1.807, 2.05) is 24.3 Å². The lowest BCUT2D eigenvalue weighted by Gasteiger charge is -2.07. The topological polar surface area (TPSA) is 43.1 Å². The molecule has 0 aliphatic carbocycles. The van der Waals surface area contributed by atoms with Gasteiger partial charge in [0.1, 0.15) is 5.78 Å². The summed E-state index contributed by atoms with van der Waals surface area (Å²) in [4.78, 5) is 12.1. The quantitative estimate of drug-likeness (QED) is 0.838. The van der Waals surface area contributed by atoms with Crippen molar-refractivity contribution in [2.24, 2.45) is 0 Å². The predicted molar refractivity (Wildman–Crippen MR) is 83.8 cm³/mol. The highest BCUT2D eigenvalue weighted by Crippen LogP contribution is 2.15. The van der Waals surface area contributed by atoms with Gasteiger partial charge in [0.2, 0.25) is 0 Å². The molecule has 0 spiro atoms. The van der Waals surface area contributed by atoms with Gasteiger partial charge in [-0.3, -0.25) is 4.79 Å². The minimum atomic E-state index is 0.229. The lowest BCUT2D eigenvalue weighted by molar-refractivity contribution is -0.117. The highest BCUT2D eigenvalue weighted by Gasteiger charge is 2.06. The first-order valence-electron chi connectivity index (χ1n) is 6.99. The molecule has 0 fully saturated rings. The number of hydrogen-bond acceptors (Lipinski definition) is 2. The Kier molecular flexibility index (Phi) is 4.57. The lowest BCUT2D eigenvalue weighted by Crippen LogP contribution is -2.06. The summed E-state index contributed by atoms with van der Waals surface area (Å²) in [5.41, 5.74) is 9.76. The summed E-state index contributed by atoms with van der Waals surface area (Å²) in [5.74, 6) is 0.751. The normalized spacial score (nSPS) is 10.8. The maximum Gasteiger partial charge on any atom is 0.141 e. The number of benzene rings is 2. The van der Waals surface area contributed by atoms with Crippen molar-refractivity contribution in [3.8, 4) is 0 Å². The fraction of sp³-hybridized carbons (Fsp3) is 0.278. The van der Waals surface area contributed by atoms with Crippen molar-refractivity contribution in [2.75, 3.05) is 5.73 Å². The van der Waals surface area contributed by atoms with E-state index in [4.69, 9.17) is 5.73 Å². The van der Waals surface area contributed by atoms with Gasteiger partial charge in [-0.25, -0.2) is 0 Å². The molecule has 2 heteroatoms. The van der Waals surface area contributed by atoms with Crippen LogP contribution in [0.25, 0.3) is 0 Å². The zero-order valence-electron chi connectivity index (χ0n) is 12.1. The van der Waals surface area contributed by atoms with Crippen LogP contribution in [0.15, 0.2) is 48.5 Å². The zero-order valence-corrected chi connectivity index (χ0v) is 12.1. The first-order chi connectivity index (χ1) is 9.54. The fourth-order valence-corrected chi connectivity index (χ4v) is 2.17. The van der Waals surface area contributed by atoms with Gasteiger partial charge in [-0.1, -0.05) is 50.2 Å². The van der Waals surface area contributed by atoms with Gasteiger partial charge in [0.25, 0.3) is 0 Å². The first-order valence-corrected chi connectivity index (χ1v) is 6.99. The standard InChI is InChI=1S/C18H21NO/c1-13(2)16-7-3-14(4-8-16)11-18(20)12-15-5-9-17(19)10-6-15/h3-10,13H,11-12,19H2,1-2H3. The fourth-order valence-electron chi connectivity index (χ4n) is 2.17. The van der Waals surface area contributed by atoms with E-state index in [0.717, 1.165) is 16.8 Å². The molecule has 0 aliphatic heterocycles. The molecular weight excluding hydrogens is 246 g/mol. The molecule has 0 unspecified atom stereocenters. The van der Waals surface area contributed by atoms with Crippen molar-refractivity contribution >= 4 is 11.5 Å². The molecule has 2 aromatic rings. The van der Waals surface area contributed by atoms with E-state index >= 15 is 0 Å². The largest absolute Gasteiger partial charge is 0.399 e. The van der Waals surface area contributed by atoms with Gasteiger partial charge < -0.3 is 5.73 Å². The monoisotopic (exact) mass is 267 g/mol. The number of carbonyl (C=O) groups is 1. The van der Waals surface area contributed by atoms with Crippen molar-refractivity contribution in [3.05, 3.63) is 65.2 Å². The molecular formula is C18H21NO. The number of rotatable bonds is 5. The Labute approximate surface area is 120 Å². The van der Waals surface area contributed by atoms with E-state index in [9.17, 15) is 4.79 Å². The number of nitrogen functional groups attached to an aromatic ring is 1. The van der Waals surface area contributed by atoms with Gasteiger partial charge in [0.05, 0.1) is 0 Å². The van der Waals surface area contributed by atoms with E-state index < -0.39 is 0 Å². The van der Waals surface area contributed by atoms with Crippen molar-refractivity contribution in [3.63, 3.8) is 0 Å². The summed E-state index contributed by atoms with van der Waals surface area (Å²) in [7, 11) is 0. The highest BCUT2D eigenvalue weighted by atomic mass is 16.1.